The zero-order valence-electron chi connectivity index (χ0n) is 16.4. The molecule has 0 saturated heterocycles. The molecule has 3 rings (SSSR count). The van der Waals surface area contributed by atoms with Crippen LogP contribution in [0.1, 0.15) is 34.3 Å². The van der Waals surface area contributed by atoms with Gasteiger partial charge in [-0.1, -0.05) is 29.8 Å². The maximum atomic E-state index is 12.9. The van der Waals surface area contributed by atoms with Crippen molar-refractivity contribution in [2.45, 2.75) is 27.2 Å². The number of rotatable bonds is 6. The summed E-state index contributed by atoms with van der Waals surface area (Å²) in [5, 5.41) is 10.7. The Morgan fingerprint density at radius 3 is 2.54 bits per heavy atom. The van der Waals surface area contributed by atoms with Gasteiger partial charge in [0.05, 0.1) is 29.7 Å². The molecule has 146 valence electrons. The van der Waals surface area contributed by atoms with Gasteiger partial charge in [-0.3, -0.25) is 9.59 Å². The molecule has 1 N–H and O–H groups in total. The summed E-state index contributed by atoms with van der Waals surface area (Å²) < 4.78 is 6.68. The maximum Gasteiger partial charge on any atom is 0.257 e. The zero-order valence-corrected chi connectivity index (χ0v) is 16.4. The van der Waals surface area contributed by atoms with Crippen molar-refractivity contribution < 1.29 is 14.1 Å². The lowest BCUT2D eigenvalue weighted by atomic mass is 10.1. The van der Waals surface area contributed by atoms with E-state index in [0.717, 1.165) is 16.9 Å². The third kappa shape index (κ3) is 4.11. The van der Waals surface area contributed by atoms with Gasteiger partial charge >= 0.3 is 0 Å². The van der Waals surface area contributed by atoms with Crippen LogP contribution < -0.4 is 5.32 Å². The topological polar surface area (TPSA) is 93.3 Å². The second kappa shape index (κ2) is 8.08. The second-order valence-electron chi connectivity index (χ2n) is 6.64. The molecular formula is C20H23N5O3. The molecule has 0 fully saturated rings. The Bertz CT molecular complexity index is 988. The minimum Gasteiger partial charge on any atom is -0.360 e. The number of carbonyl (C=O) groups excluding carboxylic acids is 2. The number of benzene rings is 1. The molecule has 3 aromatic rings. The van der Waals surface area contributed by atoms with E-state index in [2.05, 4.69) is 15.6 Å². The molecule has 1 aromatic carbocycles. The average molecular weight is 381 g/mol. The van der Waals surface area contributed by atoms with Crippen LogP contribution in [-0.4, -0.2) is 45.2 Å². The Labute approximate surface area is 163 Å². The smallest absolute Gasteiger partial charge is 0.257 e. The summed E-state index contributed by atoms with van der Waals surface area (Å²) in [4.78, 5) is 26.4. The normalized spacial score (nSPS) is 10.7. The first-order valence-electron chi connectivity index (χ1n) is 9.01. The van der Waals surface area contributed by atoms with Gasteiger partial charge < -0.3 is 14.7 Å². The summed E-state index contributed by atoms with van der Waals surface area (Å²) >= 11 is 0. The van der Waals surface area contributed by atoms with Crippen molar-refractivity contribution in [2.24, 2.45) is 0 Å². The Kier molecular flexibility index (Phi) is 5.58. The highest BCUT2D eigenvalue weighted by molar-refractivity contribution is 5.99. The number of likely N-dealkylation sites (N-methyl/N-ethyl adjacent to an activating group) is 1. The van der Waals surface area contributed by atoms with Crippen LogP contribution in [-0.2, 0) is 11.2 Å². The van der Waals surface area contributed by atoms with Gasteiger partial charge in [0.2, 0.25) is 5.91 Å². The molecule has 8 heteroatoms. The van der Waals surface area contributed by atoms with Gasteiger partial charge in [0.25, 0.3) is 5.91 Å². The van der Waals surface area contributed by atoms with Crippen LogP contribution in [0.5, 0.6) is 0 Å². The molecular weight excluding hydrogens is 358 g/mol. The van der Waals surface area contributed by atoms with Crippen LogP contribution in [0.15, 0.2) is 41.1 Å². The Hall–Kier alpha value is -3.42. The van der Waals surface area contributed by atoms with Gasteiger partial charge in [-0.25, -0.2) is 4.68 Å². The molecule has 0 bridgehead atoms. The largest absolute Gasteiger partial charge is 0.360 e. The minimum absolute atomic E-state index is 0.108. The predicted octanol–water partition coefficient (Wildman–Crippen LogP) is 2.75. The Balaban J connectivity index is 1.74. The monoisotopic (exact) mass is 381 g/mol. The molecule has 8 nitrogen and oxygen atoms in total. The van der Waals surface area contributed by atoms with Gasteiger partial charge in [-0.15, -0.1) is 0 Å². The van der Waals surface area contributed by atoms with Crippen molar-refractivity contribution in [3.8, 4) is 5.69 Å². The number of nitrogens with zero attached hydrogens (tertiary/aromatic N) is 4. The minimum atomic E-state index is -0.354. The molecule has 2 heterocycles. The van der Waals surface area contributed by atoms with Crippen molar-refractivity contribution >= 4 is 17.6 Å². The number of hydrogen-bond donors (Lipinski definition) is 1. The van der Waals surface area contributed by atoms with E-state index in [1.54, 1.807) is 30.9 Å². The summed E-state index contributed by atoms with van der Waals surface area (Å²) in [7, 11) is 1.58. The van der Waals surface area contributed by atoms with Crippen molar-refractivity contribution in [1.29, 1.82) is 0 Å². The number of amides is 2. The van der Waals surface area contributed by atoms with E-state index in [9.17, 15) is 9.59 Å². The van der Waals surface area contributed by atoms with E-state index >= 15 is 0 Å². The molecule has 0 aliphatic rings. The van der Waals surface area contributed by atoms with Gasteiger partial charge in [0.15, 0.2) is 5.82 Å². The van der Waals surface area contributed by atoms with Crippen LogP contribution >= 0.6 is 0 Å². The zero-order chi connectivity index (χ0) is 20.3. The second-order valence-corrected chi connectivity index (χ2v) is 6.64. The fraction of sp³-hybridized carbons (Fsp3) is 0.300. The Morgan fingerprint density at radius 1 is 1.21 bits per heavy atom. The lowest BCUT2D eigenvalue weighted by molar-refractivity contribution is -0.116. The van der Waals surface area contributed by atoms with Crippen molar-refractivity contribution in [2.75, 3.05) is 18.9 Å². The molecule has 0 radical (unpaired) electrons. The summed E-state index contributed by atoms with van der Waals surface area (Å²) in [6.45, 7) is 5.61. The van der Waals surface area contributed by atoms with E-state index in [0.29, 0.717) is 23.6 Å². The van der Waals surface area contributed by atoms with E-state index < -0.39 is 0 Å². The van der Waals surface area contributed by atoms with Gasteiger partial charge in [0.1, 0.15) is 5.76 Å². The quantitative estimate of drug-likeness (QED) is 0.709. The number of hydrogen-bond acceptors (Lipinski definition) is 5. The van der Waals surface area contributed by atoms with Crippen LogP contribution in [0.2, 0.25) is 0 Å². The highest BCUT2D eigenvalue weighted by atomic mass is 16.5. The molecule has 0 atom stereocenters. The molecule has 0 aliphatic carbocycles. The summed E-state index contributed by atoms with van der Waals surface area (Å²) in [6, 6.07) is 9.54. The van der Waals surface area contributed by atoms with E-state index in [1.165, 1.54) is 4.90 Å². The molecule has 0 aliphatic heterocycles. The predicted molar refractivity (Wildman–Crippen MR) is 105 cm³/mol. The summed E-state index contributed by atoms with van der Waals surface area (Å²) in [5.74, 6) is 0.301. The number of aryl methyl sites for hydroxylation is 2. The summed E-state index contributed by atoms with van der Waals surface area (Å²) in [6.07, 6.45) is 2.18. The number of carbonyl (C=O) groups is 2. The first kappa shape index (κ1) is 19.3. The molecule has 0 saturated carbocycles. The number of aromatic nitrogens is 3. The third-order valence-electron chi connectivity index (χ3n) is 4.34. The fourth-order valence-electron chi connectivity index (χ4n) is 2.90. The van der Waals surface area contributed by atoms with Gasteiger partial charge in [0, 0.05) is 13.1 Å². The maximum absolute atomic E-state index is 12.9. The molecule has 2 amide bonds. The van der Waals surface area contributed by atoms with Crippen molar-refractivity contribution in [3.63, 3.8) is 0 Å². The molecule has 0 unspecified atom stereocenters. The number of anilines is 1. The molecule has 2 aromatic heterocycles. The summed E-state index contributed by atoms with van der Waals surface area (Å²) in [5.41, 5.74) is 3.32. The van der Waals surface area contributed by atoms with Gasteiger partial charge in [-0.2, -0.15) is 5.10 Å². The standard InChI is InChI=1S/C20H23N5O3/c1-5-17-16(11-21-25(17)15-8-6-13(2)7-9-15)20(27)24(4)12-19(26)22-18-10-14(3)28-23-18/h6-11H,5,12H2,1-4H3,(H,22,23,26). The lowest BCUT2D eigenvalue weighted by Gasteiger charge is -2.16. The fourth-order valence-corrected chi connectivity index (χ4v) is 2.90. The van der Waals surface area contributed by atoms with E-state index in [1.807, 2.05) is 38.1 Å². The van der Waals surface area contributed by atoms with Gasteiger partial charge in [-0.05, 0) is 32.4 Å². The van der Waals surface area contributed by atoms with Crippen molar-refractivity contribution in [1.82, 2.24) is 19.8 Å². The molecule has 28 heavy (non-hydrogen) atoms. The van der Waals surface area contributed by atoms with E-state index in [4.69, 9.17) is 4.52 Å². The van der Waals surface area contributed by atoms with Crippen molar-refractivity contribution in [3.05, 3.63) is 59.1 Å². The van der Waals surface area contributed by atoms with Crippen LogP contribution in [0.4, 0.5) is 5.82 Å². The first-order valence-corrected chi connectivity index (χ1v) is 9.01. The highest BCUT2D eigenvalue weighted by Crippen LogP contribution is 2.18. The molecule has 0 spiro atoms. The number of nitrogens with one attached hydrogen (secondary N) is 1. The first-order chi connectivity index (χ1) is 13.4. The SMILES string of the molecule is CCc1c(C(=O)N(C)CC(=O)Nc2cc(C)on2)cnn1-c1ccc(C)cc1. The Morgan fingerprint density at radius 2 is 1.93 bits per heavy atom. The average Bonchev–Trinajstić information content (AvgIpc) is 3.27. The highest BCUT2D eigenvalue weighted by Gasteiger charge is 2.22. The van der Waals surface area contributed by atoms with Crippen LogP contribution in [0, 0.1) is 13.8 Å². The lowest BCUT2D eigenvalue weighted by Crippen LogP contribution is -2.35. The van der Waals surface area contributed by atoms with Crippen LogP contribution in [0.3, 0.4) is 0 Å². The third-order valence-corrected chi connectivity index (χ3v) is 4.34. The van der Waals surface area contributed by atoms with E-state index in [-0.39, 0.29) is 18.4 Å². The van der Waals surface area contributed by atoms with Crippen LogP contribution in [0.25, 0.3) is 5.69 Å².